The van der Waals surface area contributed by atoms with Crippen molar-refractivity contribution in [3.63, 3.8) is 0 Å². The molecule has 2 rings (SSSR count). The molecule has 0 aliphatic rings. The van der Waals surface area contributed by atoms with E-state index in [4.69, 9.17) is 11.6 Å². The second kappa shape index (κ2) is 12.0. The molecule has 2 amide bonds. The first kappa shape index (κ1) is 26.7. The number of hydrogen-bond acceptors (Lipinski definition) is 4. The topological polar surface area (TPSA) is 86.8 Å². The highest BCUT2D eigenvalue weighted by molar-refractivity contribution is 7.92. The van der Waals surface area contributed by atoms with Gasteiger partial charge >= 0.3 is 0 Å². The van der Waals surface area contributed by atoms with E-state index in [2.05, 4.69) is 5.32 Å². The van der Waals surface area contributed by atoms with Gasteiger partial charge in [-0.3, -0.25) is 13.9 Å². The van der Waals surface area contributed by atoms with Crippen molar-refractivity contribution in [2.75, 3.05) is 23.7 Å². The third kappa shape index (κ3) is 7.75. The Balaban J connectivity index is 2.15. The van der Waals surface area contributed by atoms with E-state index in [9.17, 15) is 18.0 Å². The number of para-hydroxylation sites is 1. The lowest BCUT2D eigenvalue weighted by Crippen LogP contribution is -2.47. The van der Waals surface area contributed by atoms with Crippen LogP contribution in [-0.4, -0.2) is 50.5 Å². The standard InChI is InChI=1S/C24H32ClN3O4S/c1-5-26-24(30)19(3)27(17-20-12-14-21(25)15-13-20)23(29)11-8-16-28(33(4,31)32)22-10-7-6-9-18(22)2/h6-7,9-10,12-15,19H,5,8,11,16-17H2,1-4H3,(H,26,30). The number of carbonyl (C=O) groups is 2. The fourth-order valence-electron chi connectivity index (χ4n) is 3.52. The average molecular weight is 494 g/mol. The molecule has 33 heavy (non-hydrogen) atoms. The van der Waals surface area contributed by atoms with Crippen LogP contribution in [-0.2, 0) is 26.2 Å². The van der Waals surface area contributed by atoms with Crippen LogP contribution in [0.25, 0.3) is 0 Å². The van der Waals surface area contributed by atoms with Crippen molar-refractivity contribution >= 4 is 39.1 Å². The van der Waals surface area contributed by atoms with Crippen molar-refractivity contribution < 1.29 is 18.0 Å². The van der Waals surface area contributed by atoms with Crippen LogP contribution in [0.5, 0.6) is 0 Å². The molecule has 180 valence electrons. The van der Waals surface area contributed by atoms with Gasteiger partial charge in [-0.05, 0) is 56.5 Å². The lowest BCUT2D eigenvalue weighted by Gasteiger charge is -2.29. The molecule has 0 spiro atoms. The van der Waals surface area contributed by atoms with E-state index in [0.29, 0.717) is 23.7 Å². The van der Waals surface area contributed by atoms with Crippen molar-refractivity contribution in [2.24, 2.45) is 0 Å². The highest BCUT2D eigenvalue weighted by atomic mass is 35.5. The minimum atomic E-state index is -3.52. The third-order valence-corrected chi connectivity index (χ3v) is 6.75. The van der Waals surface area contributed by atoms with Crippen molar-refractivity contribution in [3.8, 4) is 0 Å². The number of benzene rings is 2. The van der Waals surface area contributed by atoms with E-state index < -0.39 is 16.1 Å². The summed E-state index contributed by atoms with van der Waals surface area (Å²) < 4.78 is 26.1. The summed E-state index contributed by atoms with van der Waals surface area (Å²) in [6.45, 7) is 6.24. The van der Waals surface area contributed by atoms with Crippen LogP contribution in [0.3, 0.4) is 0 Å². The molecule has 2 aromatic rings. The fourth-order valence-corrected chi connectivity index (χ4v) is 4.67. The Morgan fingerprint density at radius 3 is 2.30 bits per heavy atom. The molecule has 1 unspecified atom stereocenters. The highest BCUT2D eigenvalue weighted by Crippen LogP contribution is 2.23. The van der Waals surface area contributed by atoms with E-state index in [1.807, 2.05) is 38.1 Å². The van der Waals surface area contributed by atoms with Crippen LogP contribution in [0.4, 0.5) is 5.69 Å². The summed E-state index contributed by atoms with van der Waals surface area (Å²) in [5.41, 5.74) is 2.28. The highest BCUT2D eigenvalue weighted by Gasteiger charge is 2.26. The molecular formula is C24H32ClN3O4S. The van der Waals surface area contributed by atoms with Crippen LogP contribution in [0, 0.1) is 6.92 Å². The first-order valence-corrected chi connectivity index (χ1v) is 13.1. The maximum absolute atomic E-state index is 13.2. The molecule has 1 atom stereocenters. The van der Waals surface area contributed by atoms with E-state index >= 15 is 0 Å². The summed E-state index contributed by atoms with van der Waals surface area (Å²) in [6.07, 6.45) is 1.58. The minimum Gasteiger partial charge on any atom is -0.355 e. The smallest absolute Gasteiger partial charge is 0.242 e. The van der Waals surface area contributed by atoms with Gasteiger partial charge in [0.2, 0.25) is 21.8 Å². The third-order valence-electron chi connectivity index (χ3n) is 5.32. The summed E-state index contributed by atoms with van der Waals surface area (Å²) in [6, 6.07) is 13.7. The maximum atomic E-state index is 13.2. The Kier molecular flexibility index (Phi) is 9.73. The number of carbonyl (C=O) groups excluding carboxylic acids is 2. The van der Waals surface area contributed by atoms with Gasteiger partial charge in [-0.15, -0.1) is 0 Å². The van der Waals surface area contributed by atoms with E-state index in [1.54, 1.807) is 31.2 Å². The van der Waals surface area contributed by atoms with Gasteiger partial charge in [0.15, 0.2) is 0 Å². The maximum Gasteiger partial charge on any atom is 0.242 e. The van der Waals surface area contributed by atoms with Crippen molar-refractivity contribution in [3.05, 3.63) is 64.7 Å². The number of nitrogens with zero attached hydrogens (tertiary/aromatic N) is 2. The fraction of sp³-hybridized carbons (Fsp3) is 0.417. The Bertz CT molecular complexity index is 1060. The van der Waals surface area contributed by atoms with Crippen LogP contribution in [0.1, 0.15) is 37.8 Å². The minimum absolute atomic E-state index is 0.106. The lowest BCUT2D eigenvalue weighted by atomic mass is 10.1. The Morgan fingerprint density at radius 1 is 1.09 bits per heavy atom. The molecule has 0 aliphatic carbocycles. The molecule has 0 heterocycles. The number of sulfonamides is 1. The van der Waals surface area contributed by atoms with Gasteiger partial charge in [0.25, 0.3) is 0 Å². The molecule has 0 fully saturated rings. The zero-order valence-corrected chi connectivity index (χ0v) is 21.1. The number of halogens is 1. The van der Waals surface area contributed by atoms with Crippen molar-refractivity contribution in [2.45, 2.75) is 46.2 Å². The van der Waals surface area contributed by atoms with Crippen LogP contribution in [0.15, 0.2) is 48.5 Å². The lowest BCUT2D eigenvalue weighted by molar-refractivity contribution is -0.140. The monoisotopic (exact) mass is 493 g/mol. The number of hydrogen-bond donors (Lipinski definition) is 1. The van der Waals surface area contributed by atoms with Crippen LogP contribution >= 0.6 is 11.6 Å². The molecule has 9 heteroatoms. The second-order valence-electron chi connectivity index (χ2n) is 7.94. The second-order valence-corrected chi connectivity index (χ2v) is 10.3. The van der Waals surface area contributed by atoms with Gasteiger partial charge in [-0.1, -0.05) is 41.9 Å². The van der Waals surface area contributed by atoms with Crippen molar-refractivity contribution in [1.82, 2.24) is 10.2 Å². The summed E-state index contributed by atoms with van der Waals surface area (Å²) >= 11 is 5.96. The van der Waals surface area contributed by atoms with Gasteiger partial charge in [0.1, 0.15) is 6.04 Å². The molecule has 7 nitrogen and oxygen atoms in total. The normalized spacial score (nSPS) is 12.2. The predicted octanol–water partition coefficient (Wildman–Crippen LogP) is 3.75. The molecule has 0 aliphatic heterocycles. The van der Waals surface area contributed by atoms with Gasteiger partial charge in [-0.25, -0.2) is 8.42 Å². The summed E-state index contributed by atoms with van der Waals surface area (Å²) in [5.74, 6) is -0.459. The Hall–Kier alpha value is -2.58. The average Bonchev–Trinajstić information content (AvgIpc) is 2.76. The van der Waals surface area contributed by atoms with E-state index in [1.165, 1.54) is 9.21 Å². The number of aryl methyl sites for hydroxylation is 1. The largest absolute Gasteiger partial charge is 0.355 e. The van der Waals surface area contributed by atoms with Crippen molar-refractivity contribution in [1.29, 1.82) is 0 Å². The number of rotatable bonds is 11. The number of amides is 2. The van der Waals surface area contributed by atoms with Gasteiger partial charge in [-0.2, -0.15) is 0 Å². The number of likely N-dealkylation sites (N-methyl/N-ethyl adjacent to an activating group) is 1. The predicted molar refractivity (Wildman–Crippen MR) is 133 cm³/mol. The van der Waals surface area contributed by atoms with Gasteiger partial charge < -0.3 is 10.2 Å². The molecule has 0 radical (unpaired) electrons. The van der Waals surface area contributed by atoms with Crippen LogP contribution < -0.4 is 9.62 Å². The summed E-state index contributed by atoms with van der Waals surface area (Å²) in [5, 5.41) is 3.34. The summed E-state index contributed by atoms with van der Waals surface area (Å²) in [7, 11) is -3.52. The first-order valence-electron chi connectivity index (χ1n) is 10.9. The molecule has 0 saturated carbocycles. The molecule has 0 aromatic heterocycles. The number of nitrogens with one attached hydrogen (secondary N) is 1. The zero-order chi connectivity index (χ0) is 24.6. The van der Waals surface area contributed by atoms with E-state index in [-0.39, 0.29) is 31.3 Å². The van der Waals surface area contributed by atoms with E-state index in [0.717, 1.165) is 17.4 Å². The number of anilines is 1. The summed E-state index contributed by atoms with van der Waals surface area (Å²) in [4.78, 5) is 27.1. The zero-order valence-electron chi connectivity index (χ0n) is 19.5. The Labute approximate surface area is 201 Å². The Morgan fingerprint density at radius 2 is 1.73 bits per heavy atom. The molecular weight excluding hydrogens is 462 g/mol. The van der Waals surface area contributed by atoms with Gasteiger partial charge in [0.05, 0.1) is 11.9 Å². The molecule has 0 saturated heterocycles. The molecule has 2 aromatic carbocycles. The first-order chi connectivity index (χ1) is 15.5. The van der Waals surface area contributed by atoms with Crippen LogP contribution in [0.2, 0.25) is 5.02 Å². The van der Waals surface area contributed by atoms with Gasteiger partial charge in [0, 0.05) is 31.1 Å². The SMILES string of the molecule is CCNC(=O)C(C)N(Cc1ccc(Cl)cc1)C(=O)CCCN(c1ccccc1C)S(C)(=O)=O. The quantitative estimate of drug-likeness (QED) is 0.516. The molecule has 0 bridgehead atoms. The molecule has 1 N–H and O–H groups in total.